The molecule has 3 aliphatic heterocycles. The smallest absolute Gasteiger partial charge is 0.280 e. The van der Waals surface area contributed by atoms with E-state index < -0.39 is 66.5 Å². The zero-order valence-corrected chi connectivity index (χ0v) is 24.3. The van der Waals surface area contributed by atoms with Crippen LogP contribution >= 0.6 is 17.9 Å². The summed E-state index contributed by atoms with van der Waals surface area (Å²) in [5, 5.41) is 20.8. The van der Waals surface area contributed by atoms with Crippen LogP contribution in [0.5, 0.6) is 0 Å². The molecule has 18 nitrogen and oxygen atoms in total. The normalized spacial score (nSPS) is 33.5. The fourth-order valence-electron chi connectivity index (χ4n) is 5.48. The molecule has 0 spiro atoms. The third kappa shape index (κ3) is 4.62. The summed E-state index contributed by atoms with van der Waals surface area (Å²) in [5.74, 6) is -0.0184. The van der Waals surface area contributed by atoms with E-state index in [0.29, 0.717) is 11.2 Å². The maximum atomic E-state index is 15.5. The van der Waals surface area contributed by atoms with Crippen molar-refractivity contribution in [3.8, 4) is 0 Å². The quantitative estimate of drug-likeness (QED) is 0.0975. The molecule has 43 heavy (non-hydrogen) atoms. The number of ether oxygens (including phenoxy) is 3. The van der Waals surface area contributed by atoms with Gasteiger partial charge < -0.3 is 44.9 Å². The summed E-state index contributed by atoms with van der Waals surface area (Å²) in [6.45, 7) is -1.05. The lowest BCUT2D eigenvalue weighted by molar-refractivity contribution is -0.182. The Morgan fingerprint density at radius 1 is 1.21 bits per heavy atom. The largest absolute Gasteiger partial charge is 0.394 e. The molecule has 9 atom stereocenters. The van der Waals surface area contributed by atoms with Gasteiger partial charge in [-0.3, -0.25) is 18.9 Å². The number of hydrogen-bond donors (Lipinski definition) is 6. The van der Waals surface area contributed by atoms with E-state index in [-0.39, 0.29) is 36.1 Å². The van der Waals surface area contributed by atoms with Gasteiger partial charge in [-0.2, -0.15) is 4.98 Å². The van der Waals surface area contributed by atoms with Gasteiger partial charge in [-0.05, 0) is 11.8 Å². The Morgan fingerprint density at radius 3 is 2.72 bits per heavy atom. The van der Waals surface area contributed by atoms with Crippen molar-refractivity contribution >= 4 is 63.8 Å². The summed E-state index contributed by atoms with van der Waals surface area (Å²) in [6.07, 6.45) is -4.78. The first kappa shape index (κ1) is 28.9. The number of aliphatic hydroxyl groups excluding tert-OH is 2. The Morgan fingerprint density at radius 2 is 1.95 bits per heavy atom. The van der Waals surface area contributed by atoms with Gasteiger partial charge in [-0.1, -0.05) is 12.2 Å². The second-order valence-electron chi connectivity index (χ2n) is 10.2. The number of nitrogens with zero attached hydrogens (tertiary/aromatic N) is 7. The molecule has 0 aliphatic carbocycles. The molecule has 3 aliphatic rings. The zero-order chi connectivity index (χ0) is 30.3. The summed E-state index contributed by atoms with van der Waals surface area (Å²) in [5.41, 5.74) is 6.65. The molecule has 1 unspecified atom stereocenters. The lowest BCUT2D eigenvalue weighted by atomic mass is 10.0. The molecule has 2 bridgehead atoms. The zero-order valence-electron chi connectivity index (χ0n) is 21.7. The molecule has 0 radical (unpaired) electrons. The topological polar surface area (TPSA) is 246 Å². The molecule has 4 aromatic rings. The number of imidazole rings is 2. The fourth-order valence-corrected chi connectivity index (χ4v) is 7.40. The van der Waals surface area contributed by atoms with E-state index in [1.165, 1.54) is 23.5 Å². The number of nitrogen functional groups attached to an aromatic ring is 2. The van der Waals surface area contributed by atoms with Crippen molar-refractivity contribution < 1.29 is 37.9 Å². The minimum absolute atomic E-state index is 0.000341. The fraction of sp³-hybridized carbons (Fsp3) is 0.524. The second kappa shape index (κ2) is 10.4. The molecule has 0 amide bonds. The molecule has 3 saturated heterocycles. The molecule has 0 saturated carbocycles. The van der Waals surface area contributed by atoms with Crippen molar-refractivity contribution in [3.63, 3.8) is 0 Å². The Labute approximate surface area is 249 Å². The number of fused-ring (bicyclic) bond motifs is 4. The van der Waals surface area contributed by atoms with Crippen molar-refractivity contribution in [2.24, 2.45) is 0 Å². The molecule has 0 aromatic carbocycles. The van der Waals surface area contributed by atoms with Crippen LogP contribution in [0.4, 0.5) is 16.2 Å². The highest BCUT2D eigenvalue weighted by molar-refractivity contribution is 8.60. The molecular formula is C21H24FN10O8PS2. The molecule has 7 N–H and O–H groups in total. The molecular weight excluding hydrogens is 634 g/mol. The van der Waals surface area contributed by atoms with Crippen LogP contribution < -0.4 is 17.0 Å². The Balaban J connectivity index is 1.11. The van der Waals surface area contributed by atoms with E-state index in [0.717, 1.165) is 0 Å². The number of hydrogen-bond acceptors (Lipinski definition) is 16. The highest BCUT2D eigenvalue weighted by atomic mass is 32.9. The lowest BCUT2D eigenvalue weighted by Crippen LogP contribution is -2.44. The number of rotatable bonds is 8. The van der Waals surface area contributed by atoms with Gasteiger partial charge in [0.15, 0.2) is 41.3 Å². The molecule has 22 heteroatoms. The molecule has 3 fully saturated rings. The van der Waals surface area contributed by atoms with Crippen LogP contribution in [0, 0.1) is 0 Å². The summed E-state index contributed by atoms with van der Waals surface area (Å²) in [7, 11) is 0. The predicted molar refractivity (Wildman–Crippen MR) is 151 cm³/mol. The average molecular weight is 659 g/mol. The minimum Gasteiger partial charge on any atom is -0.394 e. The van der Waals surface area contributed by atoms with E-state index in [9.17, 15) is 15.0 Å². The van der Waals surface area contributed by atoms with Gasteiger partial charge in [0, 0.05) is 0 Å². The number of aliphatic hydroxyl groups is 2. The van der Waals surface area contributed by atoms with Crippen molar-refractivity contribution in [2.45, 2.75) is 48.6 Å². The number of thiol groups is 1. The number of H-pyrrole nitrogens is 1. The van der Waals surface area contributed by atoms with E-state index >= 15 is 4.39 Å². The third-order valence-electron chi connectivity index (χ3n) is 7.56. The summed E-state index contributed by atoms with van der Waals surface area (Å²) >= 11 is 9.90. The maximum Gasteiger partial charge on any atom is 0.280 e. The van der Waals surface area contributed by atoms with Crippen LogP contribution in [-0.2, 0) is 35.1 Å². The SMILES string of the molecule is Nc1nc2c(ncn2[C@@H]2O[C@H](CO)[C@H](F)[C@H]2OP(=S)(S)OC[C@@]23CO[C@@H]([C@H](n4cnc5c(N)ncnc54)O2)[C@@H]3O)c(=O)[nH]1. The Bertz CT molecular complexity index is 1830. The Kier molecular flexibility index (Phi) is 6.96. The van der Waals surface area contributed by atoms with Gasteiger partial charge in [0.1, 0.15) is 41.9 Å². The summed E-state index contributed by atoms with van der Waals surface area (Å²) in [6, 6.07) is 0. The summed E-state index contributed by atoms with van der Waals surface area (Å²) in [4.78, 5) is 35.0. The van der Waals surface area contributed by atoms with Crippen molar-refractivity contribution in [2.75, 3.05) is 31.3 Å². The van der Waals surface area contributed by atoms with Crippen LogP contribution in [-0.4, -0.2) is 105 Å². The van der Waals surface area contributed by atoms with Gasteiger partial charge in [-0.25, -0.2) is 24.3 Å². The molecule has 4 aromatic heterocycles. The number of nitrogens with two attached hydrogens (primary N) is 2. The van der Waals surface area contributed by atoms with Gasteiger partial charge >= 0.3 is 0 Å². The van der Waals surface area contributed by atoms with Crippen LogP contribution in [0.1, 0.15) is 12.5 Å². The number of aromatic nitrogens is 8. The first-order chi connectivity index (χ1) is 20.5. The first-order valence-electron chi connectivity index (χ1n) is 12.7. The van der Waals surface area contributed by atoms with Gasteiger partial charge in [-0.15, -0.1) is 0 Å². The van der Waals surface area contributed by atoms with Crippen LogP contribution in [0.15, 0.2) is 23.8 Å². The summed E-state index contributed by atoms with van der Waals surface area (Å²) < 4.78 is 47.9. The van der Waals surface area contributed by atoms with Crippen molar-refractivity contribution in [3.05, 3.63) is 29.3 Å². The van der Waals surface area contributed by atoms with Gasteiger partial charge in [0.2, 0.25) is 11.6 Å². The highest BCUT2D eigenvalue weighted by Gasteiger charge is 2.62. The average Bonchev–Trinajstić information content (AvgIpc) is 3.77. The number of aromatic amines is 1. The van der Waals surface area contributed by atoms with E-state index in [2.05, 4.69) is 42.2 Å². The van der Waals surface area contributed by atoms with Crippen molar-refractivity contribution in [1.82, 2.24) is 39.0 Å². The van der Waals surface area contributed by atoms with Crippen LogP contribution in [0.25, 0.3) is 22.3 Å². The first-order valence-corrected chi connectivity index (χ1v) is 16.5. The van der Waals surface area contributed by atoms with Crippen LogP contribution in [0.2, 0.25) is 0 Å². The monoisotopic (exact) mass is 658 g/mol. The van der Waals surface area contributed by atoms with Crippen LogP contribution in [0.3, 0.4) is 0 Å². The third-order valence-corrected chi connectivity index (χ3v) is 9.73. The predicted octanol–water partition coefficient (Wildman–Crippen LogP) is -1.06. The van der Waals surface area contributed by atoms with E-state index in [1.54, 1.807) is 4.57 Å². The number of nitrogens with one attached hydrogen (secondary N) is 1. The molecule has 7 rings (SSSR count). The standard InChI is InChI=1S/C21H24FN10O8PS2/c22-8-7(1-33)38-18(32-6-28-10-16(32)29-20(24)30-17(10)35)11(8)40-41(42,43)37-3-21-2-36-12(13(21)34)19(39-21)31-5-27-9-14(23)25-4-26-15(9)31/h4-8,11-13,18-19,33-34H,1-3H2,(H,42,43)(H2,23,25,26)(H3,24,29,30,35)/t7-,8+,11-,12-,13+,18-,19-,21-/m1/s1. The highest BCUT2D eigenvalue weighted by Crippen LogP contribution is 2.59. The number of alkyl halides is 1. The van der Waals surface area contributed by atoms with Gasteiger partial charge in [0.25, 0.3) is 5.56 Å². The van der Waals surface area contributed by atoms with Crippen molar-refractivity contribution in [1.29, 1.82) is 0 Å². The number of halogens is 1. The lowest BCUT2D eigenvalue weighted by Gasteiger charge is -2.33. The Hall–Kier alpha value is -2.85. The number of anilines is 2. The molecule has 7 heterocycles. The second-order valence-corrected chi connectivity index (χ2v) is 15.4. The molecule has 230 valence electrons. The van der Waals surface area contributed by atoms with E-state index in [4.69, 9.17) is 46.5 Å². The van der Waals surface area contributed by atoms with Gasteiger partial charge in [0.05, 0.1) is 32.5 Å². The maximum absolute atomic E-state index is 15.5. The minimum atomic E-state index is -3.60. The van der Waals surface area contributed by atoms with E-state index in [1.807, 2.05) is 0 Å².